The summed E-state index contributed by atoms with van der Waals surface area (Å²) in [6.07, 6.45) is -5.66. The summed E-state index contributed by atoms with van der Waals surface area (Å²) in [6, 6.07) is 0. The van der Waals surface area contributed by atoms with Crippen molar-refractivity contribution >= 4 is 29.2 Å². The maximum atomic E-state index is 14.0. The van der Waals surface area contributed by atoms with Crippen LogP contribution in [0.4, 0.5) is 13.2 Å². The third-order valence-corrected chi connectivity index (χ3v) is 8.96. The van der Waals surface area contributed by atoms with Gasteiger partial charge in [-0.3, -0.25) is 9.59 Å². The SMILES string of the molecule is CC(=Cc1csc(C)n1)[C@@H]1CC=C(C(F)(F)F)C[C@H]2C[C@@H]2[C@H](C)[C@H](O)[C@@H](C)C(=O)C(C)(C)[C@@H](O)CC(=O)O1. The van der Waals surface area contributed by atoms with Crippen LogP contribution in [0.3, 0.4) is 0 Å². The van der Waals surface area contributed by atoms with Crippen molar-refractivity contribution in [1.29, 1.82) is 0 Å². The molecule has 7 atom stereocenters. The standard InChI is InChI=1S/C28H38F3NO5S/c1-14(9-20-13-38-17(4)32-20)22-8-7-19(28(29,30)31)10-18-11-21(18)15(2)25(35)16(3)26(36)27(5,6)23(33)12-24(34)37-22/h7,9,13,15-16,18,21-23,25,33,35H,8,10-12H2,1-6H3/t15-,16+,18-,21+,22-,23-,25-/m0/s1. The minimum atomic E-state index is -4.55. The molecule has 0 unspecified atom stereocenters. The first-order chi connectivity index (χ1) is 17.5. The number of esters is 1. The van der Waals surface area contributed by atoms with E-state index in [0.717, 1.165) is 11.1 Å². The maximum absolute atomic E-state index is 14.0. The van der Waals surface area contributed by atoms with Crippen LogP contribution in [-0.4, -0.2) is 51.4 Å². The number of alkyl halides is 3. The third-order valence-electron chi connectivity index (χ3n) is 8.16. The molecule has 0 radical (unpaired) electrons. The summed E-state index contributed by atoms with van der Waals surface area (Å²) in [6.45, 7) is 9.86. The molecule has 0 spiro atoms. The minimum Gasteiger partial charge on any atom is -0.457 e. The summed E-state index contributed by atoms with van der Waals surface area (Å²) in [7, 11) is 0. The normalized spacial score (nSPS) is 33.8. The van der Waals surface area contributed by atoms with Crippen LogP contribution < -0.4 is 0 Å². The quantitative estimate of drug-likeness (QED) is 0.360. The molecule has 0 aromatic carbocycles. The number of rotatable bonds is 2. The minimum absolute atomic E-state index is 0.143. The molecule has 1 fully saturated rings. The number of thiazole rings is 1. The van der Waals surface area contributed by atoms with Crippen molar-refractivity contribution in [1.82, 2.24) is 4.98 Å². The number of ketones is 1. The van der Waals surface area contributed by atoms with E-state index >= 15 is 0 Å². The van der Waals surface area contributed by atoms with E-state index in [1.807, 2.05) is 6.92 Å². The monoisotopic (exact) mass is 557 g/mol. The number of aryl methyl sites for hydroxylation is 1. The molecule has 0 bridgehead atoms. The average molecular weight is 558 g/mol. The molecule has 1 aliphatic heterocycles. The van der Waals surface area contributed by atoms with Gasteiger partial charge in [0, 0.05) is 23.3 Å². The fourth-order valence-corrected chi connectivity index (χ4v) is 5.90. The number of carbonyl (C=O) groups excluding carboxylic acids is 2. The van der Waals surface area contributed by atoms with Crippen molar-refractivity contribution in [2.75, 3.05) is 0 Å². The molecule has 3 rings (SSSR count). The Hall–Kier alpha value is -2.04. The average Bonchev–Trinajstić information content (AvgIpc) is 3.48. The summed E-state index contributed by atoms with van der Waals surface area (Å²) >= 11 is 1.42. The summed E-state index contributed by atoms with van der Waals surface area (Å²) in [5.74, 6) is -2.91. The van der Waals surface area contributed by atoms with Gasteiger partial charge in [-0.1, -0.05) is 33.8 Å². The van der Waals surface area contributed by atoms with Gasteiger partial charge in [-0.05, 0) is 56.1 Å². The molecule has 1 saturated carbocycles. The molecular weight excluding hydrogens is 519 g/mol. The maximum Gasteiger partial charge on any atom is 0.412 e. The first-order valence-corrected chi connectivity index (χ1v) is 13.9. The predicted octanol–water partition coefficient (Wildman–Crippen LogP) is 5.66. The molecule has 38 heavy (non-hydrogen) atoms. The van der Waals surface area contributed by atoms with Gasteiger partial charge in [0.1, 0.15) is 11.9 Å². The fourth-order valence-electron chi connectivity index (χ4n) is 5.33. The lowest BCUT2D eigenvalue weighted by molar-refractivity contribution is -0.154. The Bertz CT molecular complexity index is 1090. The number of Topliss-reactive ketones (excluding diaryl/α,β-unsaturated/α-hetero) is 1. The Kier molecular flexibility index (Phi) is 9.31. The Morgan fingerprint density at radius 3 is 2.45 bits per heavy atom. The molecule has 1 aromatic heterocycles. The van der Waals surface area contributed by atoms with Gasteiger partial charge in [-0.15, -0.1) is 11.3 Å². The van der Waals surface area contributed by atoms with Crippen molar-refractivity contribution in [2.45, 2.75) is 91.7 Å². The number of aromatic nitrogens is 1. The molecule has 2 N–H and O–H groups in total. The van der Waals surface area contributed by atoms with Gasteiger partial charge in [-0.25, -0.2) is 4.98 Å². The molecule has 2 aliphatic rings. The topological polar surface area (TPSA) is 96.7 Å². The second kappa shape index (κ2) is 11.6. The zero-order valence-corrected chi connectivity index (χ0v) is 23.5. The van der Waals surface area contributed by atoms with Crippen LogP contribution in [0, 0.1) is 36.0 Å². The fraction of sp³-hybridized carbons (Fsp3) is 0.679. The van der Waals surface area contributed by atoms with Crippen LogP contribution in [0.5, 0.6) is 0 Å². The summed E-state index contributed by atoms with van der Waals surface area (Å²) in [5.41, 5.74) is -0.909. The van der Waals surface area contributed by atoms with Gasteiger partial charge >= 0.3 is 12.1 Å². The van der Waals surface area contributed by atoms with E-state index in [1.165, 1.54) is 25.2 Å². The summed E-state index contributed by atoms with van der Waals surface area (Å²) in [4.78, 5) is 30.5. The first kappa shape index (κ1) is 30.5. The zero-order chi connectivity index (χ0) is 28.6. The lowest BCUT2D eigenvalue weighted by Crippen LogP contribution is -2.46. The van der Waals surface area contributed by atoms with Crippen LogP contribution in [0.2, 0.25) is 0 Å². The van der Waals surface area contributed by atoms with E-state index in [1.54, 1.807) is 32.2 Å². The van der Waals surface area contributed by atoms with Gasteiger partial charge in [0.15, 0.2) is 0 Å². The van der Waals surface area contributed by atoms with E-state index in [9.17, 15) is 33.0 Å². The Balaban J connectivity index is 1.98. The Labute approximate surface area is 226 Å². The molecule has 212 valence electrons. The number of cyclic esters (lactones) is 1. The number of aliphatic hydroxyl groups excluding tert-OH is 2. The Morgan fingerprint density at radius 1 is 1.21 bits per heavy atom. The molecule has 1 aromatic rings. The van der Waals surface area contributed by atoms with E-state index in [4.69, 9.17) is 4.74 Å². The number of hydrogen-bond donors (Lipinski definition) is 2. The van der Waals surface area contributed by atoms with Crippen molar-refractivity contribution in [3.05, 3.63) is 33.3 Å². The van der Waals surface area contributed by atoms with Gasteiger partial charge < -0.3 is 14.9 Å². The summed E-state index contributed by atoms with van der Waals surface area (Å²) < 4.78 is 47.5. The highest BCUT2D eigenvalue weighted by Crippen LogP contribution is 2.51. The molecule has 0 amide bonds. The number of fused-ring (bicyclic) bond motifs is 1. The van der Waals surface area contributed by atoms with Crippen molar-refractivity contribution < 1.29 is 37.7 Å². The van der Waals surface area contributed by atoms with Crippen molar-refractivity contribution in [2.24, 2.45) is 29.1 Å². The van der Waals surface area contributed by atoms with E-state index in [-0.39, 0.29) is 24.7 Å². The number of nitrogens with zero attached hydrogens (tertiary/aromatic N) is 1. The molecular formula is C28H38F3NO5S. The number of allylic oxidation sites excluding steroid dienone is 1. The van der Waals surface area contributed by atoms with Crippen molar-refractivity contribution in [3.63, 3.8) is 0 Å². The van der Waals surface area contributed by atoms with Crippen LogP contribution in [-0.2, 0) is 14.3 Å². The van der Waals surface area contributed by atoms with Crippen LogP contribution in [0.1, 0.15) is 71.0 Å². The third kappa shape index (κ3) is 7.12. The predicted molar refractivity (Wildman–Crippen MR) is 139 cm³/mol. The van der Waals surface area contributed by atoms with Gasteiger partial charge in [0.25, 0.3) is 0 Å². The number of aliphatic hydroxyl groups is 2. The number of hydrogen-bond acceptors (Lipinski definition) is 7. The summed E-state index contributed by atoms with van der Waals surface area (Å²) in [5, 5.41) is 24.4. The smallest absolute Gasteiger partial charge is 0.412 e. The van der Waals surface area contributed by atoms with E-state index in [0.29, 0.717) is 17.7 Å². The lowest BCUT2D eigenvalue weighted by atomic mass is 9.72. The van der Waals surface area contributed by atoms with Gasteiger partial charge in [0.05, 0.1) is 34.7 Å². The molecule has 2 heterocycles. The highest BCUT2D eigenvalue weighted by atomic mass is 32.1. The number of carbonyl (C=O) groups is 2. The van der Waals surface area contributed by atoms with Crippen LogP contribution in [0.25, 0.3) is 6.08 Å². The molecule has 10 heteroatoms. The second-order valence-corrected chi connectivity index (χ2v) is 12.5. The Morgan fingerprint density at radius 2 is 1.87 bits per heavy atom. The molecule has 6 nitrogen and oxygen atoms in total. The van der Waals surface area contributed by atoms with Gasteiger partial charge in [0.2, 0.25) is 0 Å². The molecule has 1 aliphatic carbocycles. The van der Waals surface area contributed by atoms with Crippen LogP contribution in [0.15, 0.2) is 22.6 Å². The molecule has 0 saturated heterocycles. The number of halogens is 3. The second-order valence-electron chi connectivity index (χ2n) is 11.4. The van der Waals surface area contributed by atoms with Crippen LogP contribution >= 0.6 is 11.3 Å². The largest absolute Gasteiger partial charge is 0.457 e. The highest BCUT2D eigenvalue weighted by Gasteiger charge is 2.49. The lowest BCUT2D eigenvalue weighted by Gasteiger charge is -2.34. The highest BCUT2D eigenvalue weighted by molar-refractivity contribution is 7.09. The van der Waals surface area contributed by atoms with Crippen molar-refractivity contribution in [3.8, 4) is 0 Å². The number of ether oxygens (including phenoxy) is 1. The van der Waals surface area contributed by atoms with E-state index in [2.05, 4.69) is 4.98 Å². The van der Waals surface area contributed by atoms with E-state index < -0.39 is 65.5 Å². The zero-order valence-electron chi connectivity index (χ0n) is 22.7. The van der Waals surface area contributed by atoms with Gasteiger partial charge in [-0.2, -0.15) is 13.2 Å². The first-order valence-electron chi connectivity index (χ1n) is 13.0.